The highest BCUT2D eigenvalue weighted by atomic mass is 16.2. The van der Waals surface area contributed by atoms with E-state index in [0.717, 1.165) is 12.7 Å². The lowest BCUT2D eigenvalue weighted by Crippen LogP contribution is -2.37. The Bertz CT molecular complexity index is 503. The van der Waals surface area contributed by atoms with Gasteiger partial charge in [0.1, 0.15) is 0 Å². The molecule has 0 atom stereocenters. The molecule has 0 aliphatic carbocycles. The molecule has 0 saturated carbocycles. The number of nitrogens with one attached hydrogen (secondary N) is 2. The highest BCUT2D eigenvalue weighted by Crippen LogP contribution is 2.34. The number of rotatable bonds is 3. The van der Waals surface area contributed by atoms with Gasteiger partial charge in [0.2, 0.25) is 0 Å². The van der Waals surface area contributed by atoms with Crippen LogP contribution in [0.3, 0.4) is 0 Å². The van der Waals surface area contributed by atoms with Crippen molar-refractivity contribution in [3.05, 3.63) is 36.4 Å². The van der Waals surface area contributed by atoms with E-state index < -0.39 is 0 Å². The molecule has 0 radical (unpaired) electrons. The Kier molecular flexibility index (Phi) is 2.65. The van der Waals surface area contributed by atoms with Gasteiger partial charge in [0.05, 0.1) is 0 Å². The van der Waals surface area contributed by atoms with Gasteiger partial charge in [-0.05, 0) is 30.3 Å². The Morgan fingerprint density at radius 3 is 2.24 bits per heavy atom. The highest BCUT2D eigenvalue weighted by Gasteiger charge is 2.22. The van der Waals surface area contributed by atoms with Crippen molar-refractivity contribution >= 4 is 29.1 Å². The molecular weight excluding hydrogens is 211 g/mol. The second kappa shape index (κ2) is 4.30. The summed E-state index contributed by atoms with van der Waals surface area (Å²) in [6.07, 6.45) is 1.73. The maximum absolute atomic E-state index is 8.89. The predicted molar refractivity (Wildman–Crippen MR) is 73.5 cm³/mol. The van der Waals surface area contributed by atoms with Gasteiger partial charge >= 0.3 is 6.98 Å². The SMILES string of the molecule is OCCCB1Nc2cccc3cccc(c23)N1. The van der Waals surface area contributed by atoms with Crippen molar-refractivity contribution in [2.45, 2.75) is 12.7 Å². The summed E-state index contributed by atoms with van der Waals surface area (Å²) in [4.78, 5) is 0. The molecule has 2 aromatic carbocycles. The summed E-state index contributed by atoms with van der Waals surface area (Å²) in [6.45, 7) is 0.453. The predicted octanol–water partition coefficient (Wildman–Crippen LogP) is 2.55. The molecule has 2 aromatic rings. The topological polar surface area (TPSA) is 44.3 Å². The molecule has 86 valence electrons. The van der Waals surface area contributed by atoms with E-state index in [1.165, 1.54) is 22.1 Å². The van der Waals surface area contributed by atoms with E-state index in [0.29, 0.717) is 0 Å². The molecule has 0 aromatic heterocycles. The van der Waals surface area contributed by atoms with Gasteiger partial charge in [0, 0.05) is 23.4 Å². The summed E-state index contributed by atoms with van der Waals surface area (Å²) >= 11 is 0. The van der Waals surface area contributed by atoms with Crippen LogP contribution in [0.1, 0.15) is 6.42 Å². The quantitative estimate of drug-likeness (QED) is 0.704. The molecule has 3 N–H and O–H groups in total. The van der Waals surface area contributed by atoms with E-state index in [9.17, 15) is 0 Å². The van der Waals surface area contributed by atoms with Gasteiger partial charge in [-0.15, -0.1) is 0 Å². The van der Waals surface area contributed by atoms with E-state index in [1.807, 2.05) is 0 Å². The fraction of sp³-hybridized carbons (Fsp3) is 0.231. The van der Waals surface area contributed by atoms with Crippen molar-refractivity contribution in [2.75, 3.05) is 17.1 Å². The third kappa shape index (κ3) is 1.85. The molecular formula is C13H15BN2O. The Hall–Kier alpha value is -1.68. The van der Waals surface area contributed by atoms with Crippen LogP contribution in [0, 0.1) is 0 Å². The van der Waals surface area contributed by atoms with Crippen molar-refractivity contribution in [1.82, 2.24) is 0 Å². The maximum Gasteiger partial charge on any atom is 0.370 e. The van der Waals surface area contributed by atoms with E-state index in [-0.39, 0.29) is 13.6 Å². The highest BCUT2D eigenvalue weighted by molar-refractivity contribution is 6.67. The first-order valence-corrected chi connectivity index (χ1v) is 6.04. The van der Waals surface area contributed by atoms with Crippen molar-refractivity contribution in [3.63, 3.8) is 0 Å². The summed E-state index contributed by atoms with van der Waals surface area (Å²) in [7, 11) is 0. The molecule has 0 spiro atoms. The van der Waals surface area contributed by atoms with Gasteiger partial charge in [0.15, 0.2) is 0 Å². The first kappa shape index (κ1) is 10.5. The molecule has 0 fully saturated rings. The Labute approximate surface area is 101 Å². The van der Waals surface area contributed by atoms with Crippen LogP contribution < -0.4 is 10.5 Å². The smallest absolute Gasteiger partial charge is 0.370 e. The van der Waals surface area contributed by atoms with Gasteiger partial charge in [0.25, 0.3) is 0 Å². The fourth-order valence-corrected chi connectivity index (χ4v) is 2.43. The van der Waals surface area contributed by atoms with Crippen LogP contribution in [0.5, 0.6) is 0 Å². The molecule has 17 heavy (non-hydrogen) atoms. The van der Waals surface area contributed by atoms with Gasteiger partial charge in [-0.2, -0.15) is 0 Å². The largest absolute Gasteiger partial charge is 0.409 e. The van der Waals surface area contributed by atoms with Gasteiger partial charge in [-0.25, -0.2) is 0 Å². The van der Waals surface area contributed by atoms with Crippen LogP contribution in [0.2, 0.25) is 6.32 Å². The number of aliphatic hydroxyl groups is 1. The molecule has 1 heterocycles. The summed E-state index contributed by atoms with van der Waals surface area (Å²) < 4.78 is 0. The minimum atomic E-state index is 0.211. The Balaban J connectivity index is 1.99. The van der Waals surface area contributed by atoms with Crippen molar-refractivity contribution in [1.29, 1.82) is 0 Å². The minimum absolute atomic E-state index is 0.211. The lowest BCUT2D eigenvalue weighted by atomic mass is 9.69. The zero-order chi connectivity index (χ0) is 11.7. The van der Waals surface area contributed by atoms with Crippen molar-refractivity contribution in [3.8, 4) is 0 Å². The van der Waals surface area contributed by atoms with E-state index in [1.54, 1.807) is 0 Å². The third-order valence-corrected chi connectivity index (χ3v) is 3.22. The second-order valence-electron chi connectivity index (χ2n) is 4.42. The standard InChI is InChI=1S/C13H15BN2O/c17-9-3-8-14-15-11-6-1-4-10-5-2-7-12(16-14)13(10)11/h1-2,4-7,15-17H,3,8-9H2. The monoisotopic (exact) mass is 226 g/mol. The van der Waals surface area contributed by atoms with E-state index in [4.69, 9.17) is 5.11 Å². The van der Waals surface area contributed by atoms with Gasteiger partial charge in [-0.1, -0.05) is 24.3 Å². The van der Waals surface area contributed by atoms with Crippen LogP contribution in [0.4, 0.5) is 11.4 Å². The number of benzene rings is 2. The fourth-order valence-electron chi connectivity index (χ4n) is 2.43. The Morgan fingerprint density at radius 1 is 1.00 bits per heavy atom. The van der Waals surface area contributed by atoms with Crippen LogP contribution in [-0.2, 0) is 0 Å². The molecule has 1 aliphatic rings. The Morgan fingerprint density at radius 2 is 1.65 bits per heavy atom. The number of hydrogen-bond donors (Lipinski definition) is 3. The molecule has 0 unspecified atom stereocenters. The molecule has 0 saturated heterocycles. The molecule has 3 rings (SSSR count). The summed E-state index contributed by atoms with van der Waals surface area (Å²) in [5.74, 6) is 0. The molecule has 1 aliphatic heterocycles. The number of hydrogen-bond acceptors (Lipinski definition) is 3. The second-order valence-corrected chi connectivity index (χ2v) is 4.42. The lowest BCUT2D eigenvalue weighted by molar-refractivity contribution is 0.294. The molecule has 4 heteroatoms. The maximum atomic E-state index is 8.89. The van der Waals surface area contributed by atoms with E-state index >= 15 is 0 Å². The number of anilines is 2. The van der Waals surface area contributed by atoms with Crippen molar-refractivity contribution in [2.24, 2.45) is 0 Å². The molecule has 0 amide bonds. The lowest BCUT2D eigenvalue weighted by Gasteiger charge is -2.26. The zero-order valence-electron chi connectivity index (χ0n) is 9.61. The first-order chi connectivity index (χ1) is 8.38. The van der Waals surface area contributed by atoms with Crippen molar-refractivity contribution < 1.29 is 5.11 Å². The summed E-state index contributed by atoms with van der Waals surface area (Å²) in [6, 6.07) is 12.6. The summed E-state index contributed by atoms with van der Waals surface area (Å²) in [5, 5.41) is 18.3. The molecule has 0 bridgehead atoms. The van der Waals surface area contributed by atoms with Gasteiger partial charge in [-0.3, -0.25) is 0 Å². The first-order valence-electron chi connectivity index (χ1n) is 6.04. The average Bonchev–Trinajstić information content (AvgIpc) is 2.37. The molecule has 3 nitrogen and oxygen atoms in total. The van der Waals surface area contributed by atoms with Crippen LogP contribution in [0.25, 0.3) is 10.8 Å². The normalized spacial score (nSPS) is 13.4. The van der Waals surface area contributed by atoms with Gasteiger partial charge < -0.3 is 15.6 Å². The minimum Gasteiger partial charge on any atom is -0.409 e. The van der Waals surface area contributed by atoms with Crippen LogP contribution in [0.15, 0.2) is 36.4 Å². The number of aliphatic hydroxyl groups excluding tert-OH is 1. The zero-order valence-corrected chi connectivity index (χ0v) is 9.61. The van der Waals surface area contributed by atoms with Crippen LogP contribution in [-0.4, -0.2) is 18.7 Å². The van der Waals surface area contributed by atoms with E-state index in [2.05, 4.69) is 46.9 Å². The summed E-state index contributed by atoms with van der Waals surface area (Å²) in [5.41, 5.74) is 2.36. The average molecular weight is 226 g/mol. The van der Waals surface area contributed by atoms with Crippen LogP contribution >= 0.6 is 0 Å². The third-order valence-electron chi connectivity index (χ3n) is 3.22.